The molecule has 13 heavy (non-hydrogen) atoms. The van der Waals surface area contributed by atoms with Gasteiger partial charge in [-0.05, 0) is 43.0 Å². The number of benzene rings is 1. The highest BCUT2D eigenvalue weighted by atomic mass is 19.1. The molecule has 1 nitrogen and oxygen atoms in total. The van der Waals surface area contributed by atoms with Crippen LogP contribution in [-0.2, 0) is 0 Å². The van der Waals surface area contributed by atoms with Crippen molar-refractivity contribution in [1.29, 1.82) is 0 Å². The van der Waals surface area contributed by atoms with Crippen molar-refractivity contribution in [3.05, 3.63) is 35.6 Å². The van der Waals surface area contributed by atoms with Gasteiger partial charge in [0, 0.05) is 6.54 Å². The van der Waals surface area contributed by atoms with Crippen molar-refractivity contribution in [2.75, 3.05) is 13.1 Å². The SMILES string of the molecule is Fc1cccc([C@H]2CCCNC2)c1. The summed E-state index contributed by atoms with van der Waals surface area (Å²) >= 11 is 0. The molecule has 0 unspecified atom stereocenters. The summed E-state index contributed by atoms with van der Waals surface area (Å²) < 4.78 is 12.9. The largest absolute Gasteiger partial charge is 0.316 e. The van der Waals surface area contributed by atoms with Gasteiger partial charge in [0.2, 0.25) is 0 Å². The van der Waals surface area contributed by atoms with E-state index in [2.05, 4.69) is 5.32 Å². The molecule has 1 saturated heterocycles. The second-order valence-corrected chi connectivity index (χ2v) is 3.60. The van der Waals surface area contributed by atoms with Gasteiger partial charge in [-0.25, -0.2) is 4.39 Å². The molecule has 70 valence electrons. The Kier molecular flexibility index (Phi) is 2.60. The molecule has 1 atom stereocenters. The molecule has 0 spiro atoms. The van der Waals surface area contributed by atoms with Crippen molar-refractivity contribution >= 4 is 0 Å². The standard InChI is InChI=1S/C11H14FN/c12-11-5-1-3-9(7-11)10-4-2-6-13-8-10/h1,3,5,7,10,13H,2,4,6,8H2/t10-/m0/s1. The molecule has 0 aliphatic carbocycles. The Labute approximate surface area is 78.0 Å². The van der Waals surface area contributed by atoms with Crippen LogP contribution in [0.15, 0.2) is 24.3 Å². The quantitative estimate of drug-likeness (QED) is 0.697. The van der Waals surface area contributed by atoms with Crippen molar-refractivity contribution in [3.8, 4) is 0 Å². The van der Waals surface area contributed by atoms with E-state index in [0.29, 0.717) is 5.92 Å². The zero-order chi connectivity index (χ0) is 9.10. The van der Waals surface area contributed by atoms with Crippen LogP contribution in [0.25, 0.3) is 0 Å². The summed E-state index contributed by atoms with van der Waals surface area (Å²) in [5.41, 5.74) is 1.13. The zero-order valence-corrected chi connectivity index (χ0v) is 7.59. The third-order valence-corrected chi connectivity index (χ3v) is 2.62. The number of piperidine rings is 1. The molecular formula is C11H14FN. The summed E-state index contributed by atoms with van der Waals surface area (Å²) in [6.45, 7) is 2.09. The first-order valence-corrected chi connectivity index (χ1v) is 4.82. The first-order chi connectivity index (χ1) is 6.36. The molecule has 1 heterocycles. The third-order valence-electron chi connectivity index (χ3n) is 2.62. The van der Waals surface area contributed by atoms with Gasteiger partial charge in [0.15, 0.2) is 0 Å². The number of hydrogen-bond acceptors (Lipinski definition) is 1. The monoisotopic (exact) mass is 179 g/mol. The lowest BCUT2D eigenvalue weighted by Crippen LogP contribution is -2.28. The molecule has 0 bridgehead atoms. The Balaban J connectivity index is 2.14. The Morgan fingerprint density at radius 3 is 3.00 bits per heavy atom. The molecule has 2 rings (SSSR count). The fourth-order valence-corrected chi connectivity index (χ4v) is 1.90. The molecule has 2 heteroatoms. The third kappa shape index (κ3) is 2.07. The molecule has 0 saturated carbocycles. The number of nitrogens with one attached hydrogen (secondary N) is 1. The highest BCUT2D eigenvalue weighted by Gasteiger charge is 2.14. The lowest BCUT2D eigenvalue weighted by atomic mass is 9.92. The van der Waals surface area contributed by atoms with Gasteiger partial charge in [-0.1, -0.05) is 12.1 Å². The van der Waals surface area contributed by atoms with Gasteiger partial charge >= 0.3 is 0 Å². The Morgan fingerprint density at radius 1 is 1.38 bits per heavy atom. The zero-order valence-electron chi connectivity index (χ0n) is 7.59. The molecule has 1 fully saturated rings. The summed E-state index contributed by atoms with van der Waals surface area (Å²) in [5.74, 6) is 0.382. The van der Waals surface area contributed by atoms with Gasteiger partial charge < -0.3 is 5.32 Å². The van der Waals surface area contributed by atoms with Crippen molar-refractivity contribution in [1.82, 2.24) is 5.32 Å². The molecule has 0 aromatic heterocycles. The van der Waals surface area contributed by atoms with Crippen LogP contribution >= 0.6 is 0 Å². The van der Waals surface area contributed by atoms with Crippen molar-refractivity contribution in [3.63, 3.8) is 0 Å². The van der Waals surface area contributed by atoms with Crippen LogP contribution in [0.2, 0.25) is 0 Å². The summed E-state index contributed by atoms with van der Waals surface area (Å²) in [4.78, 5) is 0. The number of rotatable bonds is 1. The predicted octanol–water partition coefficient (Wildman–Crippen LogP) is 2.29. The van der Waals surface area contributed by atoms with E-state index in [-0.39, 0.29) is 5.82 Å². The van der Waals surface area contributed by atoms with E-state index in [4.69, 9.17) is 0 Å². The maximum atomic E-state index is 12.9. The average Bonchev–Trinajstić information content (AvgIpc) is 2.19. The molecule has 0 amide bonds. The van der Waals surface area contributed by atoms with E-state index in [1.807, 2.05) is 6.07 Å². The van der Waals surface area contributed by atoms with Crippen LogP contribution in [0.5, 0.6) is 0 Å². The minimum Gasteiger partial charge on any atom is -0.316 e. The Morgan fingerprint density at radius 2 is 2.31 bits per heavy atom. The molecule has 1 aliphatic rings. The summed E-state index contributed by atoms with van der Waals surface area (Å²) in [6, 6.07) is 6.96. The number of hydrogen-bond donors (Lipinski definition) is 1. The molecule has 1 N–H and O–H groups in total. The van der Waals surface area contributed by atoms with Crippen LogP contribution in [0, 0.1) is 5.82 Å². The topological polar surface area (TPSA) is 12.0 Å². The van der Waals surface area contributed by atoms with Crippen LogP contribution in [0.3, 0.4) is 0 Å². The van der Waals surface area contributed by atoms with Crippen LogP contribution < -0.4 is 5.32 Å². The lowest BCUT2D eigenvalue weighted by Gasteiger charge is -2.22. The van der Waals surface area contributed by atoms with Gasteiger partial charge in [0.25, 0.3) is 0 Å². The van der Waals surface area contributed by atoms with E-state index >= 15 is 0 Å². The van der Waals surface area contributed by atoms with E-state index in [1.54, 1.807) is 12.1 Å². The molecule has 1 aromatic carbocycles. The molecule has 1 aromatic rings. The summed E-state index contributed by atoms with van der Waals surface area (Å²) in [6.07, 6.45) is 2.37. The van der Waals surface area contributed by atoms with E-state index in [1.165, 1.54) is 18.9 Å². The van der Waals surface area contributed by atoms with Crippen molar-refractivity contribution in [2.24, 2.45) is 0 Å². The van der Waals surface area contributed by atoms with E-state index < -0.39 is 0 Å². The van der Waals surface area contributed by atoms with Gasteiger partial charge in [0.05, 0.1) is 0 Å². The lowest BCUT2D eigenvalue weighted by molar-refractivity contribution is 0.460. The fourth-order valence-electron chi connectivity index (χ4n) is 1.90. The highest BCUT2D eigenvalue weighted by Crippen LogP contribution is 2.23. The van der Waals surface area contributed by atoms with Crippen LogP contribution in [-0.4, -0.2) is 13.1 Å². The Bertz CT molecular complexity index is 279. The van der Waals surface area contributed by atoms with Crippen LogP contribution in [0.4, 0.5) is 4.39 Å². The highest BCUT2D eigenvalue weighted by molar-refractivity contribution is 5.21. The van der Waals surface area contributed by atoms with E-state index in [0.717, 1.165) is 18.7 Å². The smallest absolute Gasteiger partial charge is 0.123 e. The van der Waals surface area contributed by atoms with Crippen molar-refractivity contribution < 1.29 is 4.39 Å². The number of halogens is 1. The maximum Gasteiger partial charge on any atom is 0.123 e. The second-order valence-electron chi connectivity index (χ2n) is 3.60. The minimum atomic E-state index is -0.122. The molecule has 0 radical (unpaired) electrons. The Hall–Kier alpha value is -0.890. The summed E-state index contributed by atoms with van der Waals surface area (Å²) in [5, 5.41) is 3.33. The molecule has 1 aliphatic heterocycles. The molecular weight excluding hydrogens is 165 g/mol. The average molecular weight is 179 g/mol. The van der Waals surface area contributed by atoms with E-state index in [9.17, 15) is 4.39 Å². The summed E-state index contributed by atoms with van der Waals surface area (Å²) in [7, 11) is 0. The maximum absolute atomic E-state index is 12.9. The second kappa shape index (κ2) is 3.88. The fraction of sp³-hybridized carbons (Fsp3) is 0.455. The predicted molar refractivity (Wildman–Crippen MR) is 51.2 cm³/mol. The van der Waals surface area contributed by atoms with Gasteiger partial charge in [-0.3, -0.25) is 0 Å². The van der Waals surface area contributed by atoms with Gasteiger partial charge in [-0.15, -0.1) is 0 Å². The van der Waals surface area contributed by atoms with Gasteiger partial charge in [-0.2, -0.15) is 0 Å². The normalized spacial score (nSPS) is 23.0. The minimum absolute atomic E-state index is 0.122. The first kappa shape index (κ1) is 8.70. The van der Waals surface area contributed by atoms with Gasteiger partial charge in [0.1, 0.15) is 5.82 Å². The van der Waals surface area contributed by atoms with Crippen LogP contribution in [0.1, 0.15) is 24.3 Å². The first-order valence-electron chi connectivity index (χ1n) is 4.82. The van der Waals surface area contributed by atoms with Crippen molar-refractivity contribution in [2.45, 2.75) is 18.8 Å².